The van der Waals surface area contributed by atoms with E-state index in [4.69, 9.17) is 0 Å². The molecule has 0 atom stereocenters. The molecule has 0 aliphatic carbocycles. The summed E-state index contributed by atoms with van der Waals surface area (Å²) >= 11 is 0. The third-order valence-corrected chi connectivity index (χ3v) is 6.79. The summed E-state index contributed by atoms with van der Waals surface area (Å²) in [6.45, 7) is 27.3. The Kier molecular flexibility index (Phi) is 7.44. The van der Waals surface area contributed by atoms with E-state index in [1.165, 1.54) is 22.3 Å². The molecule has 2 N–H and O–H groups in total. The van der Waals surface area contributed by atoms with Crippen LogP contribution in [0.25, 0.3) is 0 Å². The van der Waals surface area contributed by atoms with Gasteiger partial charge in [0, 0.05) is 22.7 Å². The summed E-state index contributed by atoms with van der Waals surface area (Å²) in [6, 6.07) is 22.5. The fraction of sp³-hybridized carbons (Fsp3) is 0.471. The Morgan fingerprint density at radius 3 is 0.750 bits per heavy atom. The van der Waals surface area contributed by atoms with Gasteiger partial charge >= 0.3 is 0 Å². The lowest BCUT2D eigenvalue weighted by Crippen LogP contribution is -2.17. The van der Waals surface area contributed by atoms with Gasteiger partial charge in [0.1, 0.15) is 0 Å². The molecule has 3 aromatic rings. The van der Waals surface area contributed by atoms with Crippen molar-refractivity contribution in [3.8, 4) is 0 Å². The first-order chi connectivity index (χ1) is 16.3. The second-order valence-corrected chi connectivity index (χ2v) is 14.4. The second kappa shape index (κ2) is 9.61. The van der Waals surface area contributed by atoms with E-state index in [-0.39, 0.29) is 21.7 Å². The summed E-state index contributed by atoms with van der Waals surface area (Å²) in [5, 5.41) is 7.30. The smallest absolute Gasteiger partial charge is 0.0390 e. The molecule has 0 aromatic heterocycles. The molecule has 0 saturated carbocycles. The van der Waals surface area contributed by atoms with Gasteiger partial charge < -0.3 is 10.6 Å². The lowest BCUT2D eigenvalue weighted by molar-refractivity contribution is 0.568. The summed E-state index contributed by atoms with van der Waals surface area (Å²) in [6.07, 6.45) is 0. The Bertz CT molecular complexity index is 1030. The van der Waals surface area contributed by atoms with Gasteiger partial charge in [0.05, 0.1) is 0 Å². The van der Waals surface area contributed by atoms with Crippen LogP contribution in [0.2, 0.25) is 0 Å². The average Bonchev–Trinajstić information content (AvgIpc) is 2.72. The molecule has 0 unspecified atom stereocenters. The van der Waals surface area contributed by atoms with Crippen LogP contribution in [0.1, 0.15) is 105 Å². The molecule has 0 amide bonds. The topological polar surface area (TPSA) is 24.1 Å². The first-order valence-electron chi connectivity index (χ1n) is 13.3. The van der Waals surface area contributed by atoms with Gasteiger partial charge in [0.15, 0.2) is 0 Å². The number of benzene rings is 3. The third kappa shape index (κ3) is 7.15. The van der Waals surface area contributed by atoms with Gasteiger partial charge in [-0.1, -0.05) is 95.2 Å². The third-order valence-electron chi connectivity index (χ3n) is 6.79. The van der Waals surface area contributed by atoms with Gasteiger partial charge in [-0.2, -0.15) is 0 Å². The summed E-state index contributed by atoms with van der Waals surface area (Å²) in [7, 11) is 0. The average molecular weight is 485 g/mol. The summed E-state index contributed by atoms with van der Waals surface area (Å²) in [5.41, 5.74) is 10.2. The fourth-order valence-corrected chi connectivity index (χ4v) is 4.10. The van der Waals surface area contributed by atoms with Gasteiger partial charge in [0.25, 0.3) is 0 Å². The number of nitrogens with one attached hydrogen (secondary N) is 2. The Labute approximate surface area is 220 Å². The maximum absolute atomic E-state index is 3.65. The van der Waals surface area contributed by atoms with Crippen molar-refractivity contribution in [1.29, 1.82) is 0 Å². The van der Waals surface area contributed by atoms with E-state index in [2.05, 4.69) is 154 Å². The summed E-state index contributed by atoms with van der Waals surface area (Å²) in [4.78, 5) is 0. The molecule has 0 aliphatic heterocycles. The summed E-state index contributed by atoms with van der Waals surface area (Å²) < 4.78 is 0. The van der Waals surface area contributed by atoms with Crippen molar-refractivity contribution in [1.82, 2.24) is 0 Å². The van der Waals surface area contributed by atoms with Crippen LogP contribution >= 0.6 is 0 Å². The van der Waals surface area contributed by atoms with Gasteiger partial charge in [-0.25, -0.2) is 0 Å². The normalized spacial score (nSPS) is 13.0. The standard InChI is InChI=1S/C34H48N2/c1-31(2,3)23-17-24(32(4,5)6)20-29(19-23)35-27-13-15-28(16-14-27)36-30-21-25(33(7,8)9)18-26(22-30)34(10,11)12/h13-22,35-36H,1-12H3. The van der Waals surface area contributed by atoms with Gasteiger partial charge in [-0.05, 0) is 92.4 Å². The highest BCUT2D eigenvalue weighted by Gasteiger charge is 2.22. The van der Waals surface area contributed by atoms with Crippen molar-refractivity contribution >= 4 is 22.7 Å². The highest BCUT2D eigenvalue weighted by Crippen LogP contribution is 2.35. The molecule has 0 bridgehead atoms. The lowest BCUT2D eigenvalue weighted by atomic mass is 9.80. The molecule has 0 aliphatic rings. The monoisotopic (exact) mass is 484 g/mol. The van der Waals surface area contributed by atoms with Crippen LogP contribution in [-0.2, 0) is 21.7 Å². The van der Waals surface area contributed by atoms with E-state index in [9.17, 15) is 0 Å². The van der Waals surface area contributed by atoms with E-state index in [0.29, 0.717) is 0 Å². The van der Waals surface area contributed by atoms with Crippen molar-refractivity contribution in [3.05, 3.63) is 82.9 Å². The van der Waals surface area contributed by atoms with Crippen LogP contribution in [0.15, 0.2) is 60.7 Å². The SMILES string of the molecule is CC(C)(C)c1cc(Nc2ccc(Nc3cc(C(C)(C)C)cc(C(C)(C)C)c3)cc2)cc(C(C)(C)C)c1. The largest absolute Gasteiger partial charge is 0.356 e. The fourth-order valence-electron chi connectivity index (χ4n) is 4.10. The first kappa shape index (κ1) is 27.8. The van der Waals surface area contributed by atoms with Crippen LogP contribution in [0, 0.1) is 0 Å². The Morgan fingerprint density at radius 2 is 0.556 bits per heavy atom. The zero-order valence-corrected chi connectivity index (χ0v) is 24.8. The minimum absolute atomic E-state index is 0.0962. The molecule has 0 saturated heterocycles. The molecular formula is C34H48N2. The lowest BCUT2D eigenvalue weighted by Gasteiger charge is -2.26. The zero-order valence-electron chi connectivity index (χ0n) is 24.8. The Morgan fingerprint density at radius 1 is 0.333 bits per heavy atom. The minimum Gasteiger partial charge on any atom is -0.356 e. The van der Waals surface area contributed by atoms with Crippen molar-refractivity contribution < 1.29 is 0 Å². The molecule has 2 heteroatoms. The van der Waals surface area contributed by atoms with Crippen LogP contribution in [-0.4, -0.2) is 0 Å². The minimum atomic E-state index is 0.0962. The molecule has 3 rings (SSSR count). The number of rotatable bonds is 4. The van der Waals surface area contributed by atoms with E-state index in [1.807, 2.05) is 0 Å². The van der Waals surface area contributed by atoms with Crippen molar-refractivity contribution in [2.45, 2.75) is 105 Å². The van der Waals surface area contributed by atoms with E-state index in [0.717, 1.165) is 22.7 Å². The van der Waals surface area contributed by atoms with Gasteiger partial charge in [-0.15, -0.1) is 0 Å². The number of hydrogen-bond donors (Lipinski definition) is 2. The van der Waals surface area contributed by atoms with Crippen LogP contribution < -0.4 is 10.6 Å². The second-order valence-electron chi connectivity index (χ2n) is 14.4. The highest BCUT2D eigenvalue weighted by atomic mass is 14.9. The van der Waals surface area contributed by atoms with Gasteiger partial charge in [0.2, 0.25) is 0 Å². The molecule has 194 valence electrons. The first-order valence-corrected chi connectivity index (χ1v) is 13.3. The van der Waals surface area contributed by atoms with E-state index >= 15 is 0 Å². The molecule has 3 aromatic carbocycles. The molecule has 2 nitrogen and oxygen atoms in total. The summed E-state index contributed by atoms with van der Waals surface area (Å²) in [5.74, 6) is 0. The van der Waals surface area contributed by atoms with Crippen LogP contribution in [0.5, 0.6) is 0 Å². The number of anilines is 4. The van der Waals surface area contributed by atoms with Crippen LogP contribution in [0.3, 0.4) is 0 Å². The van der Waals surface area contributed by atoms with Crippen molar-refractivity contribution in [2.24, 2.45) is 0 Å². The highest BCUT2D eigenvalue weighted by molar-refractivity contribution is 5.68. The molecule has 0 heterocycles. The van der Waals surface area contributed by atoms with Crippen molar-refractivity contribution in [2.75, 3.05) is 10.6 Å². The maximum Gasteiger partial charge on any atom is 0.0390 e. The molecular weight excluding hydrogens is 436 g/mol. The molecule has 36 heavy (non-hydrogen) atoms. The zero-order chi connectivity index (χ0) is 27.1. The quantitative estimate of drug-likeness (QED) is 0.385. The van der Waals surface area contributed by atoms with Crippen molar-refractivity contribution in [3.63, 3.8) is 0 Å². The Hall–Kier alpha value is -2.74. The van der Waals surface area contributed by atoms with E-state index < -0.39 is 0 Å². The maximum atomic E-state index is 3.65. The van der Waals surface area contributed by atoms with Crippen LogP contribution in [0.4, 0.5) is 22.7 Å². The Balaban J connectivity index is 1.87. The number of hydrogen-bond acceptors (Lipinski definition) is 2. The van der Waals surface area contributed by atoms with Gasteiger partial charge in [-0.3, -0.25) is 0 Å². The predicted octanol–water partition coefficient (Wildman–Crippen LogP) is 10.4. The molecule has 0 spiro atoms. The predicted molar refractivity (Wildman–Crippen MR) is 161 cm³/mol. The van der Waals surface area contributed by atoms with E-state index in [1.54, 1.807) is 0 Å². The molecule has 0 fully saturated rings. The molecule has 0 radical (unpaired) electrons.